The van der Waals surface area contributed by atoms with Gasteiger partial charge in [0.2, 0.25) is 0 Å². The second kappa shape index (κ2) is 3.55. The molecule has 0 aliphatic heterocycles. The summed E-state index contributed by atoms with van der Waals surface area (Å²) in [5, 5.41) is 0. The van der Waals surface area contributed by atoms with Gasteiger partial charge in [0.1, 0.15) is 6.42 Å². The zero-order valence-electron chi connectivity index (χ0n) is 6.51. The fraction of sp³-hybridized carbons (Fsp3) is 0.250. The van der Waals surface area contributed by atoms with Crippen LogP contribution in [0.1, 0.15) is 16.8 Å². The number of aromatic nitrogens is 1. The lowest BCUT2D eigenvalue weighted by molar-refractivity contribution is -0.125. The van der Waals surface area contributed by atoms with E-state index >= 15 is 0 Å². The van der Waals surface area contributed by atoms with Gasteiger partial charge in [-0.2, -0.15) is 13.2 Å². The molecule has 0 saturated carbocycles. The van der Waals surface area contributed by atoms with Crippen LogP contribution in [0.5, 0.6) is 0 Å². The first-order chi connectivity index (χ1) is 5.99. The highest BCUT2D eigenvalue weighted by molar-refractivity contribution is 5.96. The lowest BCUT2D eigenvalue weighted by atomic mass is 10.1. The van der Waals surface area contributed by atoms with Crippen LogP contribution in [0.15, 0.2) is 24.5 Å². The number of carbonyl (C=O) groups is 1. The molecule has 0 spiro atoms. The number of ketones is 1. The predicted octanol–water partition coefficient (Wildman–Crippen LogP) is 2.22. The van der Waals surface area contributed by atoms with Crippen molar-refractivity contribution in [3.05, 3.63) is 30.1 Å². The third-order valence-corrected chi connectivity index (χ3v) is 1.36. The van der Waals surface area contributed by atoms with Crippen LogP contribution in [0, 0.1) is 0 Å². The van der Waals surface area contributed by atoms with E-state index in [9.17, 15) is 18.0 Å². The Morgan fingerprint density at radius 2 is 1.85 bits per heavy atom. The van der Waals surface area contributed by atoms with Crippen LogP contribution in [0.3, 0.4) is 0 Å². The molecule has 0 aliphatic rings. The second-order valence-electron chi connectivity index (χ2n) is 2.45. The minimum absolute atomic E-state index is 0.0346. The monoisotopic (exact) mass is 189 g/mol. The Labute approximate surface area is 72.4 Å². The average Bonchev–Trinajstić information content (AvgIpc) is 2.03. The van der Waals surface area contributed by atoms with E-state index in [0.29, 0.717) is 0 Å². The van der Waals surface area contributed by atoms with Crippen LogP contribution in [-0.4, -0.2) is 16.9 Å². The third-order valence-electron chi connectivity index (χ3n) is 1.36. The van der Waals surface area contributed by atoms with Crippen LogP contribution in [-0.2, 0) is 0 Å². The molecular formula is C8H6F3NO. The zero-order chi connectivity index (χ0) is 9.90. The van der Waals surface area contributed by atoms with Crippen molar-refractivity contribution in [2.45, 2.75) is 12.6 Å². The molecule has 0 saturated heterocycles. The molecule has 2 nitrogen and oxygen atoms in total. The quantitative estimate of drug-likeness (QED) is 0.667. The summed E-state index contributed by atoms with van der Waals surface area (Å²) < 4.78 is 35.3. The summed E-state index contributed by atoms with van der Waals surface area (Å²) in [4.78, 5) is 14.5. The SMILES string of the molecule is O=C(CC(F)(F)F)c1ccncc1. The molecule has 0 bridgehead atoms. The number of hydrogen-bond donors (Lipinski definition) is 0. The van der Waals surface area contributed by atoms with E-state index in [1.165, 1.54) is 24.5 Å². The molecule has 13 heavy (non-hydrogen) atoms. The summed E-state index contributed by atoms with van der Waals surface area (Å²) in [6.07, 6.45) is -3.30. The first kappa shape index (κ1) is 9.70. The molecule has 0 aliphatic carbocycles. The minimum atomic E-state index is -4.44. The van der Waals surface area contributed by atoms with Crippen molar-refractivity contribution in [1.82, 2.24) is 4.98 Å². The van der Waals surface area contributed by atoms with Gasteiger partial charge in [-0.3, -0.25) is 9.78 Å². The van der Waals surface area contributed by atoms with Gasteiger partial charge in [0.25, 0.3) is 0 Å². The van der Waals surface area contributed by atoms with Crippen molar-refractivity contribution >= 4 is 5.78 Å². The summed E-state index contributed by atoms with van der Waals surface area (Å²) in [5.74, 6) is -0.935. The van der Waals surface area contributed by atoms with Gasteiger partial charge >= 0.3 is 6.18 Å². The number of alkyl halides is 3. The molecule has 0 unspecified atom stereocenters. The first-order valence-electron chi connectivity index (χ1n) is 3.49. The van der Waals surface area contributed by atoms with Gasteiger partial charge in [-0.05, 0) is 12.1 Å². The summed E-state index contributed by atoms with van der Waals surface area (Å²) in [7, 11) is 0. The smallest absolute Gasteiger partial charge is 0.294 e. The molecule has 0 radical (unpaired) electrons. The van der Waals surface area contributed by atoms with Gasteiger partial charge in [-0.25, -0.2) is 0 Å². The van der Waals surface area contributed by atoms with Crippen LogP contribution >= 0.6 is 0 Å². The van der Waals surface area contributed by atoms with Gasteiger partial charge in [-0.15, -0.1) is 0 Å². The van der Waals surface area contributed by atoms with E-state index in [1.54, 1.807) is 0 Å². The van der Waals surface area contributed by atoms with Crippen LogP contribution in [0.4, 0.5) is 13.2 Å². The number of Topliss-reactive ketones (excluding diaryl/α,β-unsaturated/α-hetero) is 1. The lowest BCUT2D eigenvalue weighted by Gasteiger charge is -2.04. The van der Waals surface area contributed by atoms with Crippen molar-refractivity contribution in [3.8, 4) is 0 Å². The number of rotatable bonds is 2. The summed E-state index contributed by atoms with van der Waals surface area (Å²) in [5.41, 5.74) is 0.0346. The predicted molar refractivity (Wildman–Crippen MR) is 39.2 cm³/mol. The fourth-order valence-electron chi connectivity index (χ4n) is 0.822. The molecular weight excluding hydrogens is 183 g/mol. The molecule has 0 fully saturated rings. The van der Waals surface area contributed by atoms with Crippen molar-refractivity contribution in [3.63, 3.8) is 0 Å². The van der Waals surface area contributed by atoms with Gasteiger partial charge in [0, 0.05) is 18.0 Å². The van der Waals surface area contributed by atoms with E-state index in [-0.39, 0.29) is 5.56 Å². The van der Waals surface area contributed by atoms with Gasteiger partial charge in [-0.1, -0.05) is 0 Å². The van der Waals surface area contributed by atoms with Crippen molar-refractivity contribution < 1.29 is 18.0 Å². The van der Waals surface area contributed by atoms with E-state index < -0.39 is 18.4 Å². The van der Waals surface area contributed by atoms with Crippen molar-refractivity contribution in [2.24, 2.45) is 0 Å². The maximum Gasteiger partial charge on any atom is 0.396 e. The summed E-state index contributed by atoms with van der Waals surface area (Å²) in [6.45, 7) is 0. The standard InChI is InChI=1S/C8H6F3NO/c9-8(10,11)5-7(13)6-1-3-12-4-2-6/h1-4H,5H2. The molecule has 1 rings (SSSR count). The Morgan fingerprint density at radius 1 is 1.31 bits per heavy atom. The molecule has 1 aromatic heterocycles. The van der Waals surface area contributed by atoms with Crippen molar-refractivity contribution in [1.29, 1.82) is 0 Å². The molecule has 0 amide bonds. The third kappa shape index (κ3) is 3.23. The summed E-state index contributed by atoms with van der Waals surface area (Å²) >= 11 is 0. The zero-order valence-corrected chi connectivity index (χ0v) is 6.51. The van der Waals surface area contributed by atoms with Gasteiger partial charge < -0.3 is 0 Å². The fourth-order valence-corrected chi connectivity index (χ4v) is 0.822. The van der Waals surface area contributed by atoms with E-state index in [4.69, 9.17) is 0 Å². The van der Waals surface area contributed by atoms with Crippen LogP contribution in [0.25, 0.3) is 0 Å². The normalized spacial score (nSPS) is 11.3. The average molecular weight is 189 g/mol. The second-order valence-corrected chi connectivity index (χ2v) is 2.45. The minimum Gasteiger partial charge on any atom is -0.294 e. The van der Waals surface area contributed by atoms with E-state index in [2.05, 4.69) is 4.98 Å². The van der Waals surface area contributed by atoms with Gasteiger partial charge in [0.15, 0.2) is 5.78 Å². The Hall–Kier alpha value is -1.39. The molecule has 1 heterocycles. The topological polar surface area (TPSA) is 30.0 Å². The highest BCUT2D eigenvalue weighted by Crippen LogP contribution is 2.21. The number of pyridine rings is 1. The number of nitrogens with zero attached hydrogens (tertiary/aromatic N) is 1. The van der Waals surface area contributed by atoms with Gasteiger partial charge in [0.05, 0.1) is 0 Å². The number of halogens is 3. The molecule has 0 aromatic carbocycles. The molecule has 0 atom stereocenters. The Kier molecular flexibility index (Phi) is 2.65. The molecule has 5 heteroatoms. The summed E-state index contributed by atoms with van der Waals surface area (Å²) in [6, 6.07) is 2.52. The lowest BCUT2D eigenvalue weighted by Crippen LogP contribution is -2.14. The maximum absolute atomic E-state index is 11.8. The number of carbonyl (C=O) groups excluding carboxylic acids is 1. The number of hydrogen-bond acceptors (Lipinski definition) is 2. The molecule has 70 valence electrons. The highest BCUT2D eigenvalue weighted by Gasteiger charge is 2.31. The first-order valence-corrected chi connectivity index (χ1v) is 3.49. The van der Waals surface area contributed by atoms with Crippen LogP contribution in [0.2, 0.25) is 0 Å². The Balaban J connectivity index is 2.71. The van der Waals surface area contributed by atoms with E-state index in [1.807, 2.05) is 0 Å². The highest BCUT2D eigenvalue weighted by atomic mass is 19.4. The van der Waals surface area contributed by atoms with Crippen molar-refractivity contribution in [2.75, 3.05) is 0 Å². The largest absolute Gasteiger partial charge is 0.396 e. The Morgan fingerprint density at radius 3 is 2.31 bits per heavy atom. The molecule has 1 aromatic rings. The Bertz CT molecular complexity index is 294. The molecule has 0 N–H and O–H groups in total. The maximum atomic E-state index is 11.8. The van der Waals surface area contributed by atoms with Crippen LogP contribution < -0.4 is 0 Å². The van der Waals surface area contributed by atoms with E-state index in [0.717, 1.165) is 0 Å².